The van der Waals surface area contributed by atoms with Crippen molar-refractivity contribution in [2.45, 2.75) is 26.3 Å². The van der Waals surface area contributed by atoms with E-state index in [1.165, 1.54) is 22.3 Å². The Morgan fingerprint density at radius 2 is 1.86 bits per heavy atom. The first-order chi connectivity index (χ1) is 10.1. The van der Waals surface area contributed by atoms with Crippen LogP contribution in [0.2, 0.25) is 0 Å². The molecule has 0 aliphatic heterocycles. The first-order valence-electron chi connectivity index (χ1n) is 7.38. The molecule has 1 aliphatic rings. The third-order valence-electron chi connectivity index (χ3n) is 3.70. The number of anilines is 1. The van der Waals surface area contributed by atoms with E-state index in [9.17, 15) is 4.79 Å². The van der Waals surface area contributed by atoms with Crippen LogP contribution in [0.5, 0.6) is 0 Å². The van der Waals surface area contributed by atoms with Gasteiger partial charge in [0, 0.05) is 11.7 Å². The molecule has 2 N–H and O–H groups in total. The lowest BCUT2D eigenvalue weighted by atomic mass is 10.1. The number of nitrogens with one attached hydrogen (secondary N) is 2. The molecule has 3 nitrogen and oxygen atoms in total. The van der Waals surface area contributed by atoms with Crippen LogP contribution in [-0.4, -0.2) is 18.5 Å². The first-order valence-corrected chi connectivity index (χ1v) is 7.38. The van der Waals surface area contributed by atoms with E-state index >= 15 is 0 Å². The average Bonchev–Trinajstić information content (AvgIpc) is 2.82. The second kappa shape index (κ2) is 5.60. The number of hydrogen-bond acceptors (Lipinski definition) is 2. The minimum atomic E-state index is 0.0220. The zero-order valence-electron chi connectivity index (χ0n) is 12.4. The van der Waals surface area contributed by atoms with E-state index in [0.29, 0.717) is 6.54 Å². The SMILES string of the molecule is CC(C)NC(=O)CNc1ccc2c(c1)Cc1ccccc1-2. The van der Waals surface area contributed by atoms with Crippen LogP contribution in [0.25, 0.3) is 11.1 Å². The molecule has 0 heterocycles. The Morgan fingerprint density at radius 3 is 2.67 bits per heavy atom. The molecule has 2 aromatic rings. The summed E-state index contributed by atoms with van der Waals surface area (Å²) in [7, 11) is 0. The summed E-state index contributed by atoms with van der Waals surface area (Å²) in [5.41, 5.74) is 6.34. The minimum Gasteiger partial charge on any atom is -0.376 e. The standard InChI is InChI=1S/C18H20N2O/c1-12(2)20-18(21)11-19-15-7-8-17-14(10-15)9-13-5-3-4-6-16(13)17/h3-8,10,12,19H,9,11H2,1-2H3,(H,20,21). The maximum absolute atomic E-state index is 11.7. The molecule has 0 radical (unpaired) electrons. The molecule has 2 aromatic carbocycles. The third kappa shape index (κ3) is 2.92. The molecule has 0 aromatic heterocycles. The fraction of sp³-hybridized carbons (Fsp3) is 0.278. The van der Waals surface area contributed by atoms with E-state index in [1.807, 2.05) is 19.9 Å². The van der Waals surface area contributed by atoms with E-state index in [4.69, 9.17) is 0 Å². The zero-order valence-corrected chi connectivity index (χ0v) is 12.4. The number of amides is 1. The molecule has 3 rings (SSSR count). The molecular formula is C18H20N2O. The third-order valence-corrected chi connectivity index (χ3v) is 3.70. The summed E-state index contributed by atoms with van der Waals surface area (Å²) >= 11 is 0. The molecule has 108 valence electrons. The van der Waals surface area contributed by atoms with Gasteiger partial charge >= 0.3 is 0 Å². The maximum atomic E-state index is 11.7. The predicted molar refractivity (Wildman–Crippen MR) is 86.5 cm³/mol. The number of carbonyl (C=O) groups excluding carboxylic acids is 1. The monoisotopic (exact) mass is 280 g/mol. The Bertz CT molecular complexity index is 677. The molecule has 0 spiro atoms. The van der Waals surface area contributed by atoms with Crippen LogP contribution in [0.15, 0.2) is 42.5 Å². The van der Waals surface area contributed by atoms with E-state index in [-0.39, 0.29) is 11.9 Å². The zero-order chi connectivity index (χ0) is 14.8. The number of hydrogen-bond donors (Lipinski definition) is 2. The van der Waals surface area contributed by atoms with Gasteiger partial charge in [0.25, 0.3) is 0 Å². The van der Waals surface area contributed by atoms with Crippen molar-refractivity contribution in [1.29, 1.82) is 0 Å². The lowest BCUT2D eigenvalue weighted by Crippen LogP contribution is -2.34. The van der Waals surface area contributed by atoms with Crippen LogP contribution < -0.4 is 10.6 Å². The van der Waals surface area contributed by atoms with Crippen LogP contribution in [0.4, 0.5) is 5.69 Å². The highest BCUT2D eigenvalue weighted by atomic mass is 16.1. The summed E-state index contributed by atoms with van der Waals surface area (Å²) in [5.74, 6) is 0.0220. The molecule has 0 saturated heterocycles. The van der Waals surface area contributed by atoms with Crippen LogP contribution >= 0.6 is 0 Å². The van der Waals surface area contributed by atoms with Gasteiger partial charge in [-0.3, -0.25) is 4.79 Å². The van der Waals surface area contributed by atoms with Crippen molar-refractivity contribution in [3.8, 4) is 11.1 Å². The summed E-state index contributed by atoms with van der Waals surface area (Å²) in [4.78, 5) is 11.7. The number of carbonyl (C=O) groups is 1. The van der Waals surface area contributed by atoms with Crippen LogP contribution in [-0.2, 0) is 11.2 Å². The van der Waals surface area contributed by atoms with Gasteiger partial charge in [0.15, 0.2) is 0 Å². The van der Waals surface area contributed by atoms with Gasteiger partial charge in [-0.15, -0.1) is 0 Å². The van der Waals surface area contributed by atoms with Gasteiger partial charge in [-0.25, -0.2) is 0 Å². The largest absolute Gasteiger partial charge is 0.376 e. The molecule has 3 heteroatoms. The van der Waals surface area contributed by atoms with Crippen LogP contribution in [0, 0.1) is 0 Å². The van der Waals surface area contributed by atoms with E-state index < -0.39 is 0 Å². The number of benzene rings is 2. The van der Waals surface area contributed by atoms with Gasteiger partial charge in [0.05, 0.1) is 6.54 Å². The molecule has 0 fully saturated rings. The van der Waals surface area contributed by atoms with E-state index in [0.717, 1.165) is 12.1 Å². The lowest BCUT2D eigenvalue weighted by Gasteiger charge is -2.11. The highest BCUT2D eigenvalue weighted by Gasteiger charge is 2.17. The highest BCUT2D eigenvalue weighted by Crippen LogP contribution is 2.37. The number of rotatable bonds is 4. The van der Waals surface area contributed by atoms with Gasteiger partial charge < -0.3 is 10.6 Å². The van der Waals surface area contributed by atoms with Crippen LogP contribution in [0.3, 0.4) is 0 Å². The summed E-state index contributed by atoms with van der Waals surface area (Å²) < 4.78 is 0. The molecule has 1 aliphatic carbocycles. The fourth-order valence-electron chi connectivity index (χ4n) is 2.81. The Morgan fingerprint density at radius 1 is 1.10 bits per heavy atom. The lowest BCUT2D eigenvalue weighted by molar-refractivity contribution is -0.119. The molecular weight excluding hydrogens is 260 g/mol. The highest BCUT2D eigenvalue weighted by molar-refractivity contribution is 5.82. The van der Waals surface area contributed by atoms with E-state index in [2.05, 4.69) is 47.0 Å². The topological polar surface area (TPSA) is 41.1 Å². The molecule has 0 bridgehead atoms. The maximum Gasteiger partial charge on any atom is 0.239 e. The Hall–Kier alpha value is -2.29. The van der Waals surface area contributed by atoms with Crippen molar-refractivity contribution in [2.75, 3.05) is 11.9 Å². The van der Waals surface area contributed by atoms with Crippen LogP contribution in [0.1, 0.15) is 25.0 Å². The molecule has 0 atom stereocenters. The van der Waals surface area contributed by atoms with Crippen molar-refractivity contribution in [3.05, 3.63) is 53.6 Å². The van der Waals surface area contributed by atoms with Gasteiger partial charge in [0.2, 0.25) is 5.91 Å². The molecule has 1 amide bonds. The Balaban J connectivity index is 1.71. The molecule has 21 heavy (non-hydrogen) atoms. The van der Waals surface area contributed by atoms with Crippen molar-refractivity contribution in [2.24, 2.45) is 0 Å². The van der Waals surface area contributed by atoms with Gasteiger partial charge in [-0.05, 0) is 54.7 Å². The predicted octanol–water partition coefficient (Wildman–Crippen LogP) is 3.19. The molecule has 0 saturated carbocycles. The summed E-state index contributed by atoms with van der Waals surface area (Å²) in [6.45, 7) is 4.24. The Labute approximate surface area is 125 Å². The van der Waals surface area contributed by atoms with Gasteiger partial charge in [-0.2, -0.15) is 0 Å². The first kappa shape index (κ1) is 13.7. The fourth-order valence-corrected chi connectivity index (χ4v) is 2.81. The second-order valence-corrected chi connectivity index (χ2v) is 5.78. The van der Waals surface area contributed by atoms with Crippen molar-refractivity contribution < 1.29 is 4.79 Å². The number of fused-ring (bicyclic) bond motifs is 3. The Kier molecular flexibility index (Phi) is 3.65. The van der Waals surface area contributed by atoms with Gasteiger partial charge in [0.1, 0.15) is 0 Å². The second-order valence-electron chi connectivity index (χ2n) is 5.78. The van der Waals surface area contributed by atoms with Crippen molar-refractivity contribution >= 4 is 11.6 Å². The van der Waals surface area contributed by atoms with E-state index in [1.54, 1.807) is 0 Å². The average molecular weight is 280 g/mol. The van der Waals surface area contributed by atoms with Gasteiger partial charge in [-0.1, -0.05) is 30.3 Å². The van der Waals surface area contributed by atoms with Crippen molar-refractivity contribution in [1.82, 2.24) is 5.32 Å². The normalized spacial score (nSPS) is 12.0. The summed E-state index contributed by atoms with van der Waals surface area (Å²) in [6.07, 6.45) is 0.971. The minimum absolute atomic E-state index is 0.0220. The van der Waals surface area contributed by atoms with Crippen molar-refractivity contribution in [3.63, 3.8) is 0 Å². The summed E-state index contributed by atoms with van der Waals surface area (Å²) in [6, 6.07) is 15.0. The molecule has 0 unspecified atom stereocenters. The quantitative estimate of drug-likeness (QED) is 0.770. The summed E-state index contributed by atoms with van der Waals surface area (Å²) in [5, 5.41) is 6.07. The smallest absolute Gasteiger partial charge is 0.239 e.